The van der Waals surface area contributed by atoms with Gasteiger partial charge in [0, 0.05) is 12.1 Å². The van der Waals surface area contributed by atoms with E-state index < -0.39 is 0 Å². The Kier molecular flexibility index (Phi) is 2.98. The largest absolute Gasteiger partial charge is 0.308 e. The van der Waals surface area contributed by atoms with Gasteiger partial charge in [0.05, 0.1) is 10.0 Å². The molecule has 0 bridgehead atoms. The first-order valence-corrected chi connectivity index (χ1v) is 5.95. The van der Waals surface area contributed by atoms with E-state index >= 15 is 0 Å². The van der Waals surface area contributed by atoms with Crippen LogP contribution < -0.4 is 5.32 Å². The third kappa shape index (κ3) is 2.66. The van der Waals surface area contributed by atoms with Crippen molar-refractivity contribution >= 4 is 23.2 Å². The molecular weight excluding hydrogens is 229 g/mol. The maximum absolute atomic E-state index is 6.00. The zero-order valence-corrected chi connectivity index (χ0v) is 10.5. The van der Waals surface area contributed by atoms with Crippen molar-refractivity contribution in [1.29, 1.82) is 0 Å². The fourth-order valence-electron chi connectivity index (χ4n) is 1.70. The zero-order chi connectivity index (χ0) is 11.1. The third-order valence-corrected chi connectivity index (χ3v) is 3.83. The highest BCUT2D eigenvalue weighted by Crippen LogP contribution is 2.29. The maximum atomic E-state index is 6.00. The molecule has 15 heavy (non-hydrogen) atoms. The predicted octanol–water partition coefficient (Wildman–Crippen LogP) is 3.60. The molecule has 1 atom stereocenters. The van der Waals surface area contributed by atoms with E-state index in [1.807, 2.05) is 12.1 Å². The van der Waals surface area contributed by atoms with Gasteiger partial charge >= 0.3 is 0 Å². The van der Waals surface area contributed by atoms with E-state index in [-0.39, 0.29) is 0 Å². The molecule has 0 aromatic heterocycles. The van der Waals surface area contributed by atoms with E-state index in [4.69, 9.17) is 23.2 Å². The lowest BCUT2D eigenvalue weighted by atomic mass is 9.98. The lowest BCUT2D eigenvalue weighted by molar-refractivity contribution is 0.624. The molecule has 0 saturated carbocycles. The average Bonchev–Trinajstić information content (AvgIpc) is 2.89. The molecule has 1 heterocycles. The SMILES string of the molecule is Cc1cc(Cl)c(Cl)cc1CCC1(C)CN1. The van der Waals surface area contributed by atoms with Gasteiger partial charge in [0.15, 0.2) is 0 Å². The first kappa shape index (κ1) is 11.3. The minimum Gasteiger partial charge on any atom is -0.308 e. The quantitative estimate of drug-likeness (QED) is 0.806. The average molecular weight is 244 g/mol. The van der Waals surface area contributed by atoms with E-state index in [1.165, 1.54) is 11.1 Å². The van der Waals surface area contributed by atoms with Gasteiger partial charge in [0.2, 0.25) is 0 Å². The summed E-state index contributed by atoms with van der Waals surface area (Å²) in [5, 5.41) is 4.67. The Balaban J connectivity index is 2.10. The maximum Gasteiger partial charge on any atom is 0.0595 e. The summed E-state index contributed by atoms with van der Waals surface area (Å²) < 4.78 is 0. The molecule has 1 unspecified atom stereocenters. The second-order valence-electron chi connectivity index (χ2n) is 4.61. The van der Waals surface area contributed by atoms with Crippen LogP contribution in [0.3, 0.4) is 0 Å². The summed E-state index contributed by atoms with van der Waals surface area (Å²) in [6, 6.07) is 3.94. The molecule has 82 valence electrons. The van der Waals surface area contributed by atoms with Crippen LogP contribution in [0.4, 0.5) is 0 Å². The smallest absolute Gasteiger partial charge is 0.0595 e. The van der Waals surface area contributed by atoms with Crippen LogP contribution >= 0.6 is 23.2 Å². The molecule has 1 saturated heterocycles. The molecule has 0 spiro atoms. The van der Waals surface area contributed by atoms with Crippen LogP contribution in [0.2, 0.25) is 10.0 Å². The number of nitrogens with one attached hydrogen (secondary N) is 1. The first-order chi connectivity index (χ1) is 7.00. The minimum absolute atomic E-state index is 0.360. The molecule has 0 amide bonds. The van der Waals surface area contributed by atoms with E-state index in [2.05, 4.69) is 19.2 Å². The Bertz CT molecular complexity index is 383. The summed E-state index contributed by atoms with van der Waals surface area (Å²) in [5.41, 5.74) is 2.89. The van der Waals surface area contributed by atoms with Crippen LogP contribution in [0.5, 0.6) is 0 Å². The number of benzene rings is 1. The molecule has 0 aliphatic carbocycles. The van der Waals surface area contributed by atoms with Gasteiger partial charge in [-0.15, -0.1) is 0 Å². The van der Waals surface area contributed by atoms with Crippen LogP contribution in [0, 0.1) is 6.92 Å². The van der Waals surface area contributed by atoms with Gasteiger partial charge in [-0.25, -0.2) is 0 Å². The normalized spacial score (nSPS) is 24.3. The van der Waals surface area contributed by atoms with Crippen molar-refractivity contribution in [1.82, 2.24) is 5.32 Å². The molecule has 1 aliphatic heterocycles. The number of rotatable bonds is 3. The van der Waals surface area contributed by atoms with Crippen LogP contribution in [0.25, 0.3) is 0 Å². The summed E-state index contributed by atoms with van der Waals surface area (Å²) in [4.78, 5) is 0. The van der Waals surface area contributed by atoms with E-state index in [9.17, 15) is 0 Å². The summed E-state index contributed by atoms with van der Waals surface area (Å²) in [6.45, 7) is 5.47. The number of hydrogen-bond acceptors (Lipinski definition) is 1. The fraction of sp³-hybridized carbons (Fsp3) is 0.500. The fourth-order valence-corrected chi connectivity index (χ4v) is 2.10. The summed E-state index contributed by atoms with van der Waals surface area (Å²) in [5.74, 6) is 0. The minimum atomic E-state index is 0.360. The Morgan fingerprint density at radius 1 is 1.33 bits per heavy atom. The molecule has 1 aromatic rings. The van der Waals surface area contributed by atoms with Gasteiger partial charge in [-0.1, -0.05) is 23.2 Å². The van der Waals surface area contributed by atoms with Crippen LogP contribution in [0.15, 0.2) is 12.1 Å². The number of halogens is 2. The van der Waals surface area contributed by atoms with Crippen LogP contribution in [-0.4, -0.2) is 12.1 Å². The van der Waals surface area contributed by atoms with Crippen molar-refractivity contribution in [2.45, 2.75) is 32.2 Å². The van der Waals surface area contributed by atoms with Crippen LogP contribution in [0.1, 0.15) is 24.5 Å². The van der Waals surface area contributed by atoms with Crippen molar-refractivity contribution in [2.75, 3.05) is 6.54 Å². The van der Waals surface area contributed by atoms with Crippen molar-refractivity contribution in [2.24, 2.45) is 0 Å². The lowest BCUT2D eigenvalue weighted by Crippen LogP contribution is -2.10. The summed E-state index contributed by atoms with van der Waals surface area (Å²) in [7, 11) is 0. The molecule has 1 nitrogen and oxygen atoms in total. The molecule has 1 N–H and O–H groups in total. The van der Waals surface area contributed by atoms with Crippen molar-refractivity contribution in [3.05, 3.63) is 33.3 Å². The highest BCUT2D eigenvalue weighted by Gasteiger charge is 2.35. The second kappa shape index (κ2) is 3.97. The Morgan fingerprint density at radius 2 is 1.93 bits per heavy atom. The molecule has 1 aromatic carbocycles. The van der Waals surface area contributed by atoms with Gasteiger partial charge in [0.25, 0.3) is 0 Å². The van der Waals surface area contributed by atoms with Gasteiger partial charge in [-0.2, -0.15) is 0 Å². The van der Waals surface area contributed by atoms with Crippen molar-refractivity contribution in [3.8, 4) is 0 Å². The highest BCUT2D eigenvalue weighted by atomic mass is 35.5. The van der Waals surface area contributed by atoms with E-state index in [1.54, 1.807) is 0 Å². The molecule has 1 fully saturated rings. The Labute approximate surface area is 101 Å². The van der Waals surface area contributed by atoms with Gasteiger partial charge in [0.1, 0.15) is 0 Å². The van der Waals surface area contributed by atoms with Crippen LogP contribution in [-0.2, 0) is 6.42 Å². The number of aryl methyl sites for hydroxylation is 2. The summed E-state index contributed by atoms with van der Waals surface area (Å²) in [6.07, 6.45) is 2.22. The summed E-state index contributed by atoms with van der Waals surface area (Å²) >= 11 is 11.9. The molecule has 3 heteroatoms. The van der Waals surface area contributed by atoms with Crippen molar-refractivity contribution < 1.29 is 0 Å². The topological polar surface area (TPSA) is 21.9 Å². The van der Waals surface area contributed by atoms with E-state index in [0.29, 0.717) is 15.6 Å². The zero-order valence-electron chi connectivity index (χ0n) is 9.03. The Hall–Kier alpha value is -0.240. The highest BCUT2D eigenvalue weighted by molar-refractivity contribution is 6.42. The third-order valence-electron chi connectivity index (χ3n) is 3.11. The first-order valence-electron chi connectivity index (χ1n) is 5.20. The molecule has 2 rings (SSSR count). The van der Waals surface area contributed by atoms with E-state index in [0.717, 1.165) is 19.4 Å². The number of hydrogen-bond donors (Lipinski definition) is 1. The molecular formula is C12H15Cl2N. The predicted molar refractivity (Wildman–Crippen MR) is 65.9 cm³/mol. The monoisotopic (exact) mass is 243 g/mol. The second-order valence-corrected chi connectivity index (χ2v) is 5.42. The Morgan fingerprint density at radius 3 is 2.53 bits per heavy atom. The molecule has 1 aliphatic rings. The van der Waals surface area contributed by atoms with Gasteiger partial charge in [-0.3, -0.25) is 0 Å². The lowest BCUT2D eigenvalue weighted by Gasteiger charge is -2.10. The van der Waals surface area contributed by atoms with Crippen molar-refractivity contribution in [3.63, 3.8) is 0 Å². The molecule has 0 radical (unpaired) electrons. The van der Waals surface area contributed by atoms with Gasteiger partial charge < -0.3 is 5.32 Å². The standard InChI is InChI=1S/C12H15Cl2N/c1-8-5-10(13)11(14)6-9(8)3-4-12(2)7-15-12/h5-6,15H,3-4,7H2,1-2H3. The van der Waals surface area contributed by atoms with Gasteiger partial charge in [-0.05, 0) is 49.9 Å².